The Balaban J connectivity index is 2.11. The largest absolute Gasteiger partial charge is 0.396 e. The first-order valence-corrected chi connectivity index (χ1v) is 5.84. The minimum atomic E-state index is -0.533. The second-order valence-electron chi connectivity index (χ2n) is 4.19. The van der Waals surface area contributed by atoms with Crippen LogP contribution in [0.2, 0.25) is 0 Å². The summed E-state index contributed by atoms with van der Waals surface area (Å²) in [6, 6.07) is 9.13. The van der Waals surface area contributed by atoms with Gasteiger partial charge in [0.15, 0.2) is 0 Å². The molecule has 0 radical (unpaired) electrons. The summed E-state index contributed by atoms with van der Waals surface area (Å²) >= 11 is 0. The van der Waals surface area contributed by atoms with Gasteiger partial charge in [0, 0.05) is 11.8 Å². The topological polar surface area (TPSA) is 68.0 Å². The molecule has 1 unspecified atom stereocenters. The number of nitrogens with two attached hydrogens (primary N) is 1. The molecular formula is C14H14FN3O. The van der Waals surface area contributed by atoms with E-state index in [4.69, 9.17) is 5.73 Å². The highest BCUT2D eigenvalue weighted by Gasteiger charge is 2.13. The molecule has 19 heavy (non-hydrogen) atoms. The zero-order valence-corrected chi connectivity index (χ0v) is 10.4. The first kappa shape index (κ1) is 13.0. The zero-order valence-electron chi connectivity index (χ0n) is 10.4. The van der Waals surface area contributed by atoms with Crippen LogP contribution in [-0.4, -0.2) is 10.9 Å². The number of nitrogens with zero attached hydrogens (tertiary/aromatic N) is 1. The van der Waals surface area contributed by atoms with Gasteiger partial charge in [-0.05, 0) is 37.3 Å². The molecule has 2 rings (SSSR count). The molecule has 0 bridgehead atoms. The first-order chi connectivity index (χ1) is 9.08. The van der Waals surface area contributed by atoms with Crippen LogP contribution in [-0.2, 0) is 0 Å². The Morgan fingerprint density at radius 1 is 1.37 bits per heavy atom. The summed E-state index contributed by atoms with van der Waals surface area (Å²) < 4.78 is 13.0. The number of anilines is 1. The van der Waals surface area contributed by atoms with Crippen LogP contribution in [0.3, 0.4) is 0 Å². The van der Waals surface area contributed by atoms with Crippen molar-refractivity contribution >= 4 is 11.6 Å². The summed E-state index contributed by atoms with van der Waals surface area (Å²) in [6.07, 6.45) is 1.66. The van der Waals surface area contributed by atoms with Crippen LogP contribution < -0.4 is 11.1 Å². The molecule has 1 heterocycles. The molecule has 0 saturated heterocycles. The van der Waals surface area contributed by atoms with Crippen molar-refractivity contribution in [2.75, 3.05) is 5.73 Å². The van der Waals surface area contributed by atoms with E-state index in [0.29, 0.717) is 5.56 Å². The quantitative estimate of drug-likeness (QED) is 0.831. The molecule has 4 nitrogen and oxygen atoms in total. The molecule has 1 aromatic heterocycles. The van der Waals surface area contributed by atoms with E-state index in [1.54, 1.807) is 12.3 Å². The van der Waals surface area contributed by atoms with Crippen LogP contribution in [0.1, 0.15) is 29.0 Å². The molecule has 0 aliphatic heterocycles. The summed E-state index contributed by atoms with van der Waals surface area (Å²) in [5.74, 6) is -0.848. The number of carbonyl (C=O) groups excluding carboxylic acids is 1. The van der Waals surface area contributed by atoms with Gasteiger partial charge >= 0.3 is 0 Å². The lowest BCUT2D eigenvalue weighted by molar-refractivity contribution is 0.0939. The third kappa shape index (κ3) is 3.07. The molecule has 1 aromatic carbocycles. The zero-order chi connectivity index (χ0) is 13.8. The number of hydrogen-bond donors (Lipinski definition) is 2. The van der Waals surface area contributed by atoms with Gasteiger partial charge in [-0.25, -0.2) is 4.39 Å². The highest BCUT2D eigenvalue weighted by atomic mass is 19.1. The molecule has 1 atom stereocenters. The number of carbonyl (C=O) groups is 1. The van der Waals surface area contributed by atoms with E-state index in [1.807, 2.05) is 19.1 Å². The first-order valence-electron chi connectivity index (χ1n) is 5.84. The van der Waals surface area contributed by atoms with Gasteiger partial charge in [0.2, 0.25) is 0 Å². The Bertz CT molecular complexity index is 586. The number of hydrogen-bond acceptors (Lipinski definition) is 3. The van der Waals surface area contributed by atoms with E-state index in [2.05, 4.69) is 10.3 Å². The van der Waals surface area contributed by atoms with Crippen molar-refractivity contribution in [1.82, 2.24) is 10.3 Å². The van der Waals surface area contributed by atoms with Gasteiger partial charge in [-0.2, -0.15) is 0 Å². The lowest BCUT2D eigenvalue weighted by atomic mass is 10.1. The minimum Gasteiger partial charge on any atom is -0.396 e. The number of benzene rings is 1. The van der Waals surface area contributed by atoms with E-state index in [9.17, 15) is 9.18 Å². The van der Waals surface area contributed by atoms with Gasteiger partial charge in [0.1, 0.15) is 5.82 Å². The van der Waals surface area contributed by atoms with Gasteiger partial charge in [0.25, 0.3) is 5.91 Å². The summed E-state index contributed by atoms with van der Waals surface area (Å²) in [4.78, 5) is 16.1. The smallest absolute Gasteiger partial charge is 0.251 e. The molecule has 0 saturated carbocycles. The fraction of sp³-hybridized carbons (Fsp3) is 0.143. The van der Waals surface area contributed by atoms with Crippen molar-refractivity contribution in [3.8, 4) is 0 Å². The number of amides is 1. The second-order valence-corrected chi connectivity index (χ2v) is 4.19. The molecule has 1 amide bonds. The summed E-state index contributed by atoms with van der Waals surface area (Å²) in [6.45, 7) is 1.83. The predicted molar refractivity (Wildman–Crippen MR) is 70.9 cm³/mol. The van der Waals surface area contributed by atoms with E-state index >= 15 is 0 Å². The van der Waals surface area contributed by atoms with Gasteiger partial charge in [0.05, 0.1) is 17.4 Å². The van der Waals surface area contributed by atoms with Crippen molar-refractivity contribution in [2.45, 2.75) is 13.0 Å². The van der Waals surface area contributed by atoms with Gasteiger partial charge in [-0.15, -0.1) is 0 Å². The lowest BCUT2D eigenvalue weighted by Gasteiger charge is -2.13. The highest BCUT2D eigenvalue weighted by molar-refractivity contribution is 5.95. The molecule has 0 aliphatic rings. The fourth-order valence-corrected chi connectivity index (χ4v) is 1.67. The molecule has 0 aliphatic carbocycles. The van der Waals surface area contributed by atoms with Crippen LogP contribution in [0.4, 0.5) is 10.1 Å². The van der Waals surface area contributed by atoms with Crippen molar-refractivity contribution in [3.63, 3.8) is 0 Å². The van der Waals surface area contributed by atoms with Crippen LogP contribution in [0.25, 0.3) is 0 Å². The maximum atomic E-state index is 13.0. The number of nitrogens with one attached hydrogen (secondary N) is 1. The molecule has 0 fully saturated rings. The highest BCUT2D eigenvalue weighted by Crippen LogP contribution is 2.14. The average molecular weight is 259 g/mol. The minimum absolute atomic E-state index is 0.0434. The monoisotopic (exact) mass is 259 g/mol. The maximum absolute atomic E-state index is 13.0. The maximum Gasteiger partial charge on any atom is 0.251 e. The summed E-state index contributed by atoms with van der Waals surface area (Å²) in [5.41, 5.74) is 6.47. The molecular weight excluding hydrogens is 245 g/mol. The second kappa shape index (κ2) is 5.48. The van der Waals surface area contributed by atoms with E-state index < -0.39 is 5.82 Å². The van der Waals surface area contributed by atoms with Gasteiger partial charge < -0.3 is 11.1 Å². The van der Waals surface area contributed by atoms with Crippen LogP contribution in [0.15, 0.2) is 42.6 Å². The Kier molecular flexibility index (Phi) is 3.75. The summed E-state index contributed by atoms with van der Waals surface area (Å²) in [7, 11) is 0. The Morgan fingerprint density at radius 3 is 2.79 bits per heavy atom. The average Bonchev–Trinajstić information content (AvgIpc) is 2.42. The van der Waals surface area contributed by atoms with E-state index in [0.717, 1.165) is 5.69 Å². The van der Waals surface area contributed by atoms with Crippen molar-refractivity contribution in [3.05, 3.63) is 59.7 Å². The van der Waals surface area contributed by atoms with E-state index in [-0.39, 0.29) is 17.6 Å². The van der Waals surface area contributed by atoms with Gasteiger partial charge in [-0.3, -0.25) is 9.78 Å². The normalized spacial score (nSPS) is 11.9. The predicted octanol–water partition coefficient (Wildman–Crippen LogP) is 2.29. The SMILES string of the molecule is CC(NC(=O)c1ccc(F)c(N)c1)c1ccccn1. The summed E-state index contributed by atoms with van der Waals surface area (Å²) in [5, 5.41) is 2.78. The number of pyridine rings is 1. The van der Waals surface area contributed by atoms with Crippen molar-refractivity contribution in [2.24, 2.45) is 0 Å². The number of aromatic nitrogens is 1. The van der Waals surface area contributed by atoms with Gasteiger partial charge in [-0.1, -0.05) is 6.07 Å². The third-order valence-electron chi connectivity index (χ3n) is 2.74. The van der Waals surface area contributed by atoms with Crippen molar-refractivity contribution < 1.29 is 9.18 Å². The fourth-order valence-electron chi connectivity index (χ4n) is 1.67. The van der Waals surface area contributed by atoms with Crippen molar-refractivity contribution in [1.29, 1.82) is 0 Å². The van der Waals surface area contributed by atoms with Crippen LogP contribution >= 0.6 is 0 Å². The van der Waals surface area contributed by atoms with Crippen LogP contribution in [0.5, 0.6) is 0 Å². The Labute approximate surface area is 110 Å². The van der Waals surface area contributed by atoms with E-state index in [1.165, 1.54) is 18.2 Å². The Morgan fingerprint density at radius 2 is 2.16 bits per heavy atom. The molecule has 2 aromatic rings. The number of halogens is 1. The standard InChI is InChI=1S/C14H14FN3O/c1-9(13-4-2-3-7-17-13)18-14(19)10-5-6-11(15)12(16)8-10/h2-9H,16H2,1H3,(H,18,19). The third-order valence-corrected chi connectivity index (χ3v) is 2.74. The number of rotatable bonds is 3. The molecule has 0 spiro atoms. The molecule has 5 heteroatoms. The number of nitrogen functional groups attached to an aromatic ring is 1. The Hall–Kier alpha value is -2.43. The molecule has 3 N–H and O–H groups in total. The lowest BCUT2D eigenvalue weighted by Crippen LogP contribution is -2.27. The molecule has 98 valence electrons. The van der Waals surface area contributed by atoms with Crippen LogP contribution in [0, 0.1) is 5.82 Å².